The Balaban J connectivity index is 1.48. The first-order valence-electron chi connectivity index (χ1n) is 12.7. The van der Waals surface area contributed by atoms with Gasteiger partial charge >= 0.3 is 5.97 Å². The molecule has 1 saturated heterocycles. The maximum atomic E-state index is 12.9. The molecule has 2 atom stereocenters. The number of likely N-dealkylation sites (tertiary alicyclic amines) is 1. The topological polar surface area (TPSA) is 95.9 Å². The summed E-state index contributed by atoms with van der Waals surface area (Å²) in [7, 11) is 6.19. The number of unbranched alkanes of at least 4 members (excludes halogenated alkanes) is 2. The van der Waals surface area contributed by atoms with Crippen molar-refractivity contribution in [3.63, 3.8) is 0 Å². The Morgan fingerprint density at radius 1 is 0.919 bits per heavy atom. The van der Waals surface area contributed by atoms with E-state index in [0.717, 1.165) is 44.3 Å². The van der Waals surface area contributed by atoms with Crippen LogP contribution in [0.2, 0.25) is 0 Å². The van der Waals surface area contributed by atoms with Crippen molar-refractivity contribution in [2.75, 3.05) is 41.6 Å². The van der Waals surface area contributed by atoms with Crippen molar-refractivity contribution < 1.29 is 38.3 Å². The van der Waals surface area contributed by atoms with Crippen molar-refractivity contribution in [3.05, 3.63) is 42.0 Å². The summed E-state index contributed by atoms with van der Waals surface area (Å²) < 4.78 is 32.6. The van der Waals surface area contributed by atoms with E-state index in [4.69, 9.17) is 28.4 Å². The van der Waals surface area contributed by atoms with Crippen LogP contribution >= 0.6 is 0 Å². The van der Waals surface area contributed by atoms with Crippen LogP contribution in [0.15, 0.2) is 36.4 Å². The third-order valence-corrected chi connectivity index (χ3v) is 6.49. The zero-order valence-electron chi connectivity index (χ0n) is 22.2. The molecule has 37 heavy (non-hydrogen) atoms. The number of benzene rings is 2. The highest BCUT2D eigenvalue weighted by atomic mass is 16.6. The van der Waals surface area contributed by atoms with Crippen molar-refractivity contribution in [1.29, 1.82) is 0 Å². The summed E-state index contributed by atoms with van der Waals surface area (Å²) >= 11 is 0. The average Bonchev–Trinajstić information content (AvgIpc) is 2.94. The first-order valence-corrected chi connectivity index (χ1v) is 12.7. The number of piperidine rings is 1. The normalized spacial score (nSPS) is 16.5. The SMILES string of the molecule is COc1ccc(CCCCCOC(=O)[C@@H]2CCCCN2C(O)Oc2cc(OC)c(OC)c(OC)c2)cc1. The fourth-order valence-electron chi connectivity index (χ4n) is 4.45. The molecule has 9 nitrogen and oxygen atoms in total. The maximum absolute atomic E-state index is 12.9. The Kier molecular flexibility index (Phi) is 11.2. The number of carbonyl (C=O) groups excluding carboxylic acids is 1. The van der Waals surface area contributed by atoms with Gasteiger partial charge < -0.3 is 33.5 Å². The van der Waals surface area contributed by atoms with Crippen LogP contribution < -0.4 is 23.7 Å². The van der Waals surface area contributed by atoms with Gasteiger partial charge in [-0.05, 0) is 56.2 Å². The number of aliphatic hydroxyl groups is 1. The van der Waals surface area contributed by atoms with Crippen molar-refractivity contribution in [1.82, 2.24) is 4.90 Å². The number of ether oxygens (including phenoxy) is 6. The lowest BCUT2D eigenvalue weighted by Crippen LogP contribution is -2.52. The van der Waals surface area contributed by atoms with Gasteiger partial charge in [0.15, 0.2) is 11.5 Å². The number of esters is 1. The molecule has 0 saturated carbocycles. The summed E-state index contributed by atoms with van der Waals surface area (Å²) in [5.74, 6) is 2.09. The smallest absolute Gasteiger partial charge is 0.323 e. The number of methoxy groups -OCH3 is 4. The minimum atomic E-state index is -1.33. The van der Waals surface area contributed by atoms with Crippen LogP contribution in [0.1, 0.15) is 44.1 Å². The molecule has 2 aromatic rings. The van der Waals surface area contributed by atoms with Gasteiger partial charge in [-0.1, -0.05) is 18.6 Å². The highest BCUT2D eigenvalue weighted by molar-refractivity contribution is 5.75. The van der Waals surface area contributed by atoms with E-state index in [9.17, 15) is 9.90 Å². The van der Waals surface area contributed by atoms with E-state index in [0.29, 0.717) is 42.6 Å². The first kappa shape index (κ1) is 28.4. The van der Waals surface area contributed by atoms with Crippen LogP contribution in [0.3, 0.4) is 0 Å². The zero-order valence-corrected chi connectivity index (χ0v) is 22.2. The van der Waals surface area contributed by atoms with Gasteiger partial charge in [-0.15, -0.1) is 0 Å². The van der Waals surface area contributed by atoms with Crippen LogP contribution in [0.25, 0.3) is 0 Å². The number of aliphatic hydroxyl groups excluding tert-OH is 1. The highest BCUT2D eigenvalue weighted by Crippen LogP contribution is 2.41. The molecule has 1 heterocycles. The van der Waals surface area contributed by atoms with Gasteiger partial charge in [0.05, 0.1) is 35.0 Å². The van der Waals surface area contributed by atoms with Crippen LogP contribution in [0.4, 0.5) is 0 Å². The molecule has 204 valence electrons. The predicted octanol–water partition coefficient (Wildman–Crippen LogP) is 4.19. The Bertz CT molecular complexity index is 956. The van der Waals surface area contributed by atoms with Crippen LogP contribution in [-0.4, -0.2) is 70.0 Å². The molecule has 0 spiro atoms. The Morgan fingerprint density at radius 2 is 1.62 bits per heavy atom. The quantitative estimate of drug-likeness (QED) is 0.225. The van der Waals surface area contributed by atoms with E-state index in [1.807, 2.05) is 12.1 Å². The molecular weight excluding hydrogens is 478 g/mol. The van der Waals surface area contributed by atoms with Gasteiger partial charge in [0, 0.05) is 18.7 Å². The number of aryl methyl sites for hydroxylation is 1. The molecule has 0 aromatic heterocycles. The van der Waals surface area contributed by atoms with E-state index >= 15 is 0 Å². The molecule has 0 amide bonds. The molecule has 2 aromatic carbocycles. The fraction of sp³-hybridized carbons (Fsp3) is 0.536. The average molecular weight is 518 g/mol. The second-order valence-corrected chi connectivity index (χ2v) is 8.88. The summed E-state index contributed by atoms with van der Waals surface area (Å²) in [6.07, 6.45) is 4.75. The highest BCUT2D eigenvalue weighted by Gasteiger charge is 2.35. The van der Waals surface area contributed by atoms with Crippen molar-refractivity contribution >= 4 is 5.97 Å². The van der Waals surface area contributed by atoms with E-state index in [1.165, 1.54) is 26.9 Å². The largest absolute Gasteiger partial charge is 0.497 e. The van der Waals surface area contributed by atoms with Crippen molar-refractivity contribution in [3.8, 4) is 28.7 Å². The Hall–Kier alpha value is -3.17. The third kappa shape index (κ3) is 7.90. The second-order valence-electron chi connectivity index (χ2n) is 8.88. The minimum Gasteiger partial charge on any atom is -0.497 e. The molecule has 1 aliphatic heterocycles. The van der Waals surface area contributed by atoms with Gasteiger partial charge in [-0.25, -0.2) is 4.90 Å². The van der Waals surface area contributed by atoms with Crippen LogP contribution in [0.5, 0.6) is 28.7 Å². The fourth-order valence-corrected chi connectivity index (χ4v) is 4.45. The van der Waals surface area contributed by atoms with E-state index < -0.39 is 12.5 Å². The third-order valence-electron chi connectivity index (χ3n) is 6.49. The lowest BCUT2D eigenvalue weighted by molar-refractivity contribution is -0.182. The summed E-state index contributed by atoms with van der Waals surface area (Å²) in [5.41, 5.74) is 1.26. The minimum absolute atomic E-state index is 0.330. The molecule has 3 rings (SSSR count). The van der Waals surface area contributed by atoms with E-state index in [-0.39, 0.29) is 5.97 Å². The van der Waals surface area contributed by atoms with Gasteiger partial charge in [0.25, 0.3) is 6.41 Å². The Labute approximate surface area is 219 Å². The van der Waals surface area contributed by atoms with E-state index in [2.05, 4.69) is 12.1 Å². The lowest BCUT2D eigenvalue weighted by Gasteiger charge is -2.36. The molecule has 0 bridgehead atoms. The summed E-state index contributed by atoms with van der Waals surface area (Å²) in [5, 5.41) is 10.9. The maximum Gasteiger partial charge on any atom is 0.323 e. The Morgan fingerprint density at radius 3 is 2.24 bits per heavy atom. The monoisotopic (exact) mass is 517 g/mol. The number of hydrogen-bond donors (Lipinski definition) is 1. The molecule has 0 aliphatic carbocycles. The number of rotatable bonds is 14. The summed E-state index contributed by atoms with van der Waals surface area (Å²) in [6, 6.07) is 10.7. The number of hydrogen-bond acceptors (Lipinski definition) is 9. The standard InChI is InChI=1S/C28H39NO8/c1-32-21-14-12-20(13-15-21)10-6-5-9-17-36-27(30)23-11-7-8-16-29(23)28(31)37-22-18-24(33-2)26(35-4)25(19-22)34-3/h12-15,18-19,23,28,31H,5-11,16-17H2,1-4H3/t23-,28?/m0/s1. The first-order chi connectivity index (χ1) is 18.0. The van der Waals surface area contributed by atoms with Gasteiger partial charge in [0.1, 0.15) is 17.5 Å². The summed E-state index contributed by atoms with van der Waals surface area (Å²) in [4.78, 5) is 14.5. The van der Waals surface area contributed by atoms with Crippen molar-refractivity contribution in [2.24, 2.45) is 0 Å². The zero-order chi connectivity index (χ0) is 26.6. The lowest BCUT2D eigenvalue weighted by atomic mass is 10.0. The van der Waals surface area contributed by atoms with Gasteiger partial charge in [0.2, 0.25) is 5.75 Å². The van der Waals surface area contributed by atoms with Gasteiger partial charge in [-0.3, -0.25) is 4.79 Å². The van der Waals surface area contributed by atoms with E-state index in [1.54, 1.807) is 24.1 Å². The molecule has 1 N–H and O–H groups in total. The molecular formula is C28H39NO8. The predicted molar refractivity (Wildman–Crippen MR) is 139 cm³/mol. The van der Waals surface area contributed by atoms with Gasteiger partial charge in [-0.2, -0.15) is 0 Å². The second kappa shape index (κ2) is 14.5. The molecule has 1 unspecified atom stereocenters. The molecule has 1 aliphatic rings. The van der Waals surface area contributed by atoms with Crippen LogP contribution in [0, 0.1) is 0 Å². The molecule has 9 heteroatoms. The van der Waals surface area contributed by atoms with Crippen LogP contribution in [-0.2, 0) is 16.0 Å². The number of nitrogens with zero attached hydrogens (tertiary/aromatic N) is 1. The number of carbonyl (C=O) groups is 1. The van der Waals surface area contributed by atoms with Crippen molar-refractivity contribution in [2.45, 2.75) is 57.4 Å². The molecule has 1 fully saturated rings. The summed E-state index contributed by atoms with van der Waals surface area (Å²) in [6.45, 7) is 0.878. The molecule has 0 radical (unpaired) electrons.